The minimum atomic E-state index is -3.56. The lowest BCUT2D eigenvalue weighted by Crippen LogP contribution is -2.22. The molecule has 4 aromatic rings. The number of hydrogen-bond acceptors (Lipinski definition) is 4. The van der Waals surface area contributed by atoms with E-state index < -0.39 is 15.9 Å². The van der Waals surface area contributed by atoms with Gasteiger partial charge in [0.15, 0.2) is 4.80 Å². The van der Waals surface area contributed by atoms with E-state index in [2.05, 4.69) is 10.9 Å². The summed E-state index contributed by atoms with van der Waals surface area (Å²) in [5.41, 5.74) is 1.22. The second kappa shape index (κ2) is 8.12. The molecule has 3 aromatic carbocycles. The van der Waals surface area contributed by atoms with E-state index in [4.69, 9.17) is 6.42 Å². The lowest BCUT2D eigenvalue weighted by atomic mass is 10.1. The fourth-order valence-corrected chi connectivity index (χ4v) is 5.32. The minimum absolute atomic E-state index is 0.116. The second-order valence-electron chi connectivity index (χ2n) is 7.04. The number of carbonyl (C=O) groups excluding carboxylic acids is 1. The van der Waals surface area contributed by atoms with Crippen LogP contribution in [0.5, 0.6) is 0 Å². The molecule has 0 aliphatic heterocycles. The van der Waals surface area contributed by atoms with E-state index in [1.54, 1.807) is 0 Å². The number of fused-ring (bicyclic) bond motifs is 3. The van der Waals surface area contributed by atoms with Crippen LogP contribution in [0, 0.1) is 12.3 Å². The molecule has 0 radical (unpaired) electrons. The van der Waals surface area contributed by atoms with Gasteiger partial charge in [-0.25, -0.2) is 12.7 Å². The highest BCUT2D eigenvalue weighted by molar-refractivity contribution is 7.89. The van der Waals surface area contributed by atoms with Crippen molar-refractivity contribution in [3.05, 3.63) is 71.0 Å². The molecule has 0 N–H and O–H groups in total. The fraction of sp³-hybridized carbons (Fsp3) is 0.130. The summed E-state index contributed by atoms with van der Waals surface area (Å²) in [4.78, 5) is 17.7. The van der Waals surface area contributed by atoms with Crippen LogP contribution in [0.4, 0.5) is 0 Å². The van der Waals surface area contributed by atoms with Crippen molar-refractivity contribution in [3.8, 4) is 12.3 Å². The van der Waals surface area contributed by atoms with Gasteiger partial charge in [-0.1, -0.05) is 47.6 Å². The summed E-state index contributed by atoms with van der Waals surface area (Å²) >= 11 is 1.41. The van der Waals surface area contributed by atoms with E-state index in [0.29, 0.717) is 10.4 Å². The van der Waals surface area contributed by atoms with Crippen molar-refractivity contribution in [2.24, 2.45) is 4.99 Å². The third-order valence-electron chi connectivity index (χ3n) is 4.90. The first kappa shape index (κ1) is 21.0. The van der Waals surface area contributed by atoms with Gasteiger partial charge in [-0.05, 0) is 35.7 Å². The minimum Gasteiger partial charge on any atom is -0.305 e. The van der Waals surface area contributed by atoms with Crippen molar-refractivity contribution in [2.75, 3.05) is 14.1 Å². The highest BCUT2D eigenvalue weighted by Gasteiger charge is 2.18. The Kier molecular flexibility index (Phi) is 5.50. The van der Waals surface area contributed by atoms with Gasteiger partial charge in [-0.3, -0.25) is 4.79 Å². The number of sulfonamides is 1. The highest BCUT2D eigenvalue weighted by Crippen LogP contribution is 2.27. The van der Waals surface area contributed by atoms with Gasteiger partial charge in [-0.15, -0.1) is 6.42 Å². The Morgan fingerprint density at radius 3 is 2.48 bits per heavy atom. The van der Waals surface area contributed by atoms with Crippen LogP contribution in [0.3, 0.4) is 0 Å². The second-order valence-corrected chi connectivity index (χ2v) is 10.2. The monoisotopic (exact) mass is 449 g/mol. The first-order chi connectivity index (χ1) is 14.8. The molecule has 8 heteroatoms. The zero-order valence-electron chi connectivity index (χ0n) is 16.9. The molecule has 4 rings (SSSR count). The van der Waals surface area contributed by atoms with Crippen molar-refractivity contribution in [1.29, 1.82) is 0 Å². The molecule has 0 spiro atoms. The maximum absolute atomic E-state index is 12.8. The third-order valence-corrected chi connectivity index (χ3v) is 7.86. The summed E-state index contributed by atoms with van der Waals surface area (Å²) in [5.74, 6) is 2.16. The average Bonchev–Trinajstić information content (AvgIpc) is 3.11. The number of benzene rings is 3. The summed E-state index contributed by atoms with van der Waals surface area (Å²) in [6.45, 7) is 0.282. The molecule has 31 heavy (non-hydrogen) atoms. The van der Waals surface area contributed by atoms with Crippen LogP contribution >= 0.6 is 11.3 Å². The molecule has 6 nitrogen and oxygen atoms in total. The Labute approximate surface area is 184 Å². The molecule has 0 aliphatic rings. The Hall–Kier alpha value is -3.25. The normalized spacial score (nSPS) is 12.5. The van der Waals surface area contributed by atoms with Crippen LogP contribution in [0.2, 0.25) is 0 Å². The molecule has 1 aromatic heterocycles. The molecule has 0 saturated carbocycles. The molecule has 0 fully saturated rings. The van der Waals surface area contributed by atoms with Crippen molar-refractivity contribution >= 4 is 48.3 Å². The van der Waals surface area contributed by atoms with Gasteiger partial charge in [0.1, 0.15) is 0 Å². The van der Waals surface area contributed by atoms with Crippen molar-refractivity contribution in [2.45, 2.75) is 11.4 Å². The van der Waals surface area contributed by atoms with Gasteiger partial charge in [0.2, 0.25) is 10.0 Å². The lowest BCUT2D eigenvalue weighted by Gasteiger charge is -2.11. The van der Waals surface area contributed by atoms with Gasteiger partial charge < -0.3 is 4.57 Å². The number of rotatable bonds is 4. The molecular formula is C23H19N3O3S2. The predicted octanol–water partition coefficient (Wildman–Crippen LogP) is 3.48. The van der Waals surface area contributed by atoms with Crippen LogP contribution in [0.25, 0.3) is 21.0 Å². The Bertz CT molecular complexity index is 1520. The first-order valence-electron chi connectivity index (χ1n) is 9.39. The molecule has 0 atom stereocenters. The number of aromatic nitrogens is 1. The topological polar surface area (TPSA) is 71.7 Å². The molecular weight excluding hydrogens is 430 g/mol. The number of carbonyl (C=O) groups is 1. The summed E-state index contributed by atoms with van der Waals surface area (Å²) in [6, 6.07) is 17.8. The molecule has 0 saturated heterocycles. The highest BCUT2D eigenvalue weighted by atomic mass is 32.2. The van der Waals surface area contributed by atoms with E-state index in [9.17, 15) is 13.2 Å². The van der Waals surface area contributed by atoms with E-state index in [1.807, 2.05) is 41.0 Å². The summed E-state index contributed by atoms with van der Waals surface area (Å²) < 4.78 is 28.4. The van der Waals surface area contributed by atoms with Crippen molar-refractivity contribution in [3.63, 3.8) is 0 Å². The van der Waals surface area contributed by atoms with E-state index in [1.165, 1.54) is 49.7 Å². The van der Waals surface area contributed by atoms with Crippen LogP contribution < -0.4 is 4.80 Å². The maximum atomic E-state index is 12.8. The molecule has 1 amide bonds. The van der Waals surface area contributed by atoms with Crippen molar-refractivity contribution in [1.82, 2.24) is 8.87 Å². The summed E-state index contributed by atoms with van der Waals surface area (Å²) in [7, 11) is -0.648. The van der Waals surface area contributed by atoms with Gasteiger partial charge >= 0.3 is 0 Å². The molecule has 156 valence electrons. The number of thiazole rings is 1. The van der Waals surface area contributed by atoms with E-state index in [0.717, 1.165) is 25.3 Å². The van der Waals surface area contributed by atoms with Gasteiger partial charge in [-0.2, -0.15) is 4.99 Å². The SMILES string of the molecule is C#CCn1c(=NC(=O)c2ccc(S(=O)(=O)N(C)C)cc2)sc2c3ccccc3ccc21. The Morgan fingerprint density at radius 1 is 1.10 bits per heavy atom. The quantitative estimate of drug-likeness (QED) is 0.448. The number of nitrogens with zero attached hydrogens (tertiary/aromatic N) is 3. The number of hydrogen-bond donors (Lipinski definition) is 0. The fourth-order valence-electron chi connectivity index (χ4n) is 3.26. The summed E-state index contributed by atoms with van der Waals surface area (Å²) in [5, 5.41) is 2.17. The molecule has 1 heterocycles. The predicted molar refractivity (Wildman–Crippen MR) is 123 cm³/mol. The average molecular weight is 450 g/mol. The first-order valence-corrected chi connectivity index (χ1v) is 11.6. The van der Waals surface area contributed by atoms with Gasteiger partial charge in [0.05, 0.1) is 21.7 Å². The zero-order chi connectivity index (χ0) is 22.2. The van der Waals surface area contributed by atoms with Crippen LogP contribution in [-0.2, 0) is 16.6 Å². The van der Waals surface area contributed by atoms with E-state index >= 15 is 0 Å². The van der Waals surface area contributed by atoms with Crippen LogP contribution in [0.15, 0.2) is 70.6 Å². The number of terminal acetylenes is 1. The molecule has 0 aliphatic carbocycles. The van der Waals surface area contributed by atoms with Gasteiger partial charge in [0, 0.05) is 25.0 Å². The Balaban J connectivity index is 1.82. The number of amides is 1. The maximum Gasteiger partial charge on any atom is 0.279 e. The van der Waals surface area contributed by atoms with Crippen LogP contribution in [0.1, 0.15) is 10.4 Å². The molecule has 0 unspecified atom stereocenters. The van der Waals surface area contributed by atoms with Gasteiger partial charge in [0.25, 0.3) is 5.91 Å². The lowest BCUT2D eigenvalue weighted by molar-refractivity contribution is 0.0998. The molecule has 0 bridgehead atoms. The van der Waals surface area contributed by atoms with Crippen molar-refractivity contribution < 1.29 is 13.2 Å². The largest absolute Gasteiger partial charge is 0.305 e. The zero-order valence-corrected chi connectivity index (χ0v) is 18.6. The Morgan fingerprint density at radius 2 is 1.81 bits per heavy atom. The third kappa shape index (κ3) is 3.79. The summed E-state index contributed by atoms with van der Waals surface area (Å²) in [6.07, 6.45) is 5.56. The van der Waals surface area contributed by atoms with Crippen LogP contribution in [-0.4, -0.2) is 37.3 Å². The standard InChI is InChI=1S/C23H19N3O3S2/c1-4-15-26-20-14-11-16-7-5-6-8-19(16)21(20)30-23(26)24-22(27)17-9-12-18(13-10-17)31(28,29)25(2)3/h1,5-14H,15H2,2-3H3. The smallest absolute Gasteiger partial charge is 0.279 e. The van der Waals surface area contributed by atoms with E-state index in [-0.39, 0.29) is 11.4 Å².